The number of hydrogen-bond acceptors (Lipinski definition) is 2. The maximum absolute atomic E-state index is 8.78. The molecule has 0 atom stereocenters. The van der Waals surface area contributed by atoms with E-state index in [4.69, 9.17) is 5.11 Å². The molecule has 2 rings (SSSR count). The van der Waals surface area contributed by atoms with Crippen molar-refractivity contribution in [2.24, 2.45) is 0 Å². The highest BCUT2D eigenvalue weighted by Gasteiger charge is 2.29. The fourth-order valence-electron chi connectivity index (χ4n) is 1.41. The first-order valence-corrected chi connectivity index (χ1v) is 4.94. The first-order chi connectivity index (χ1) is 5.83. The molecule has 0 aliphatic heterocycles. The molecular weight excluding hydrogens is 220 g/mol. The fraction of sp³-hybridized carbons (Fsp3) is 0.625. The van der Waals surface area contributed by atoms with Crippen LogP contribution in [0.1, 0.15) is 24.5 Å². The Balaban J connectivity index is 2.27. The van der Waals surface area contributed by atoms with Crippen LogP contribution >= 0.6 is 15.9 Å². The Morgan fingerprint density at radius 1 is 1.67 bits per heavy atom. The Kier molecular flexibility index (Phi) is 2.19. The van der Waals surface area contributed by atoms with E-state index in [1.807, 2.05) is 10.9 Å². The minimum Gasteiger partial charge on any atom is -0.394 e. The molecule has 0 radical (unpaired) electrons. The molecule has 1 N–H and O–H groups in total. The predicted molar refractivity (Wildman–Crippen MR) is 49.0 cm³/mol. The van der Waals surface area contributed by atoms with Crippen LogP contribution < -0.4 is 0 Å². The molecule has 4 heteroatoms. The Morgan fingerprint density at radius 2 is 2.42 bits per heavy atom. The molecular formula is C8H11BrN2O. The molecule has 1 aromatic heterocycles. The van der Waals surface area contributed by atoms with E-state index in [0.717, 1.165) is 4.47 Å². The molecule has 1 aromatic rings. The van der Waals surface area contributed by atoms with Crippen LogP contribution in [0.25, 0.3) is 0 Å². The number of nitrogens with zero attached hydrogens (tertiary/aromatic N) is 2. The molecule has 1 heterocycles. The minimum absolute atomic E-state index is 0.161. The summed E-state index contributed by atoms with van der Waals surface area (Å²) in [4.78, 5) is 0. The summed E-state index contributed by atoms with van der Waals surface area (Å²) in [5, 5.41) is 13.0. The molecule has 0 bridgehead atoms. The third kappa shape index (κ3) is 1.41. The first-order valence-electron chi connectivity index (χ1n) is 4.15. The van der Waals surface area contributed by atoms with Crippen molar-refractivity contribution in [1.82, 2.24) is 9.78 Å². The van der Waals surface area contributed by atoms with E-state index in [2.05, 4.69) is 21.0 Å². The number of aliphatic hydroxyl groups excluding tert-OH is 1. The van der Waals surface area contributed by atoms with Crippen molar-refractivity contribution in [3.8, 4) is 0 Å². The van der Waals surface area contributed by atoms with E-state index in [1.165, 1.54) is 18.5 Å². The lowest BCUT2D eigenvalue weighted by Gasteiger charge is -2.03. The molecule has 1 saturated carbocycles. The van der Waals surface area contributed by atoms with Crippen molar-refractivity contribution in [1.29, 1.82) is 0 Å². The van der Waals surface area contributed by atoms with Crippen LogP contribution in [-0.2, 0) is 6.54 Å². The zero-order valence-electron chi connectivity index (χ0n) is 6.70. The van der Waals surface area contributed by atoms with Gasteiger partial charge in [-0.3, -0.25) is 4.68 Å². The maximum Gasteiger partial charge on any atom is 0.0644 e. The largest absolute Gasteiger partial charge is 0.394 e. The zero-order chi connectivity index (χ0) is 8.55. The van der Waals surface area contributed by atoms with Crippen LogP contribution in [0, 0.1) is 0 Å². The van der Waals surface area contributed by atoms with Crippen LogP contribution in [0.4, 0.5) is 0 Å². The normalized spacial score (nSPS) is 16.8. The van der Waals surface area contributed by atoms with E-state index < -0.39 is 0 Å². The van der Waals surface area contributed by atoms with E-state index in [-0.39, 0.29) is 6.61 Å². The molecule has 66 valence electrons. The van der Waals surface area contributed by atoms with Crippen LogP contribution in [0.5, 0.6) is 0 Å². The van der Waals surface area contributed by atoms with Crippen LogP contribution in [0.15, 0.2) is 10.7 Å². The van der Waals surface area contributed by atoms with Crippen molar-refractivity contribution >= 4 is 15.9 Å². The van der Waals surface area contributed by atoms with Gasteiger partial charge in [0.15, 0.2) is 0 Å². The van der Waals surface area contributed by atoms with Gasteiger partial charge in [0.05, 0.1) is 29.5 Å². The lowest BCUT2D eigenvalue weighted by molar-refractivity contribution is 0.267. The van der Waals surface area contributed by atoms with Crippen molar-refractivity contribution in [2.75, 3.05) is 6.61 Å². The number of aliphatic hydroxyl groups is 1. The number of hydrogen-bond donors (Lipinski definition) is 1. The minimum atomic E-state index is 0.161. The molecule has 1 aliphatic carbocycles. The SMILES string of the molecule is OCCn1ncc(Br)c1C1CC1. The summed E-state index contributed by atoms with van der Waals surface area (Å²) < 4.78 is 2.97. The van der Waals surface area contributed by atoms with Gasteiger partial charge in [-0.2, -0.15) is 5.10 Å². The monoisotopic (exact) mass is 230 g/mol. The molecule has 0 aromatic carbocycles. The zero-order valence-corrected chi connectivity index (χ0v) is 8.29. The molecule has 0 amide bonds. The van der Waals surface area contributed by atoms with Crippen LogP contribution in [0.2, 0.25) is 0 Å². The third-order valence-electron chi connectivity index (χ3n) is 2.11. The molecule has 0 spiro atoms. The highest BCUT2D eigenvalue weighted by atomic mass is 79.9. The molecule has 0 saturated heterocycles. The maximum atomic E-state index is 8.78. The van der Waals surface area contributed by atoms with Gasteiger partial charge in [-0.1, -0.05) is 0 Å². The van der Waals surface area contributed by atoms with Gasteiger partial charge in [0.2, 0.25) is 0 Å². The lowest BCUT2D eigenvalue weighted by Crippen LogP contribution is -2.07. The van der Waals surface area contributed by atoms with Crippen molar-refractivity contribution < 1.29 is 5.11 Å². The summed E-state index contributed by atoms with van der Waals surface area (Å²) in [6.45, 7) is 0.769. The topological polar surface area (TPSA) is 38.0 Å². The molecule has 12 heavy (non-hydrogen) atoms. The Bertz CT molecular complexity index is 281. The highest BCUT2D eigenvalue weighted by molar-refractivity contribution is 9.10. The summed E-state index contributed by atoms with van der Waals surface area (Å²) in [7, 11) is 0. The second-order valence-electron chi connectivity index (χ2n) is 3.10. The smallest absolute Gasteiger partial charge is 0.0644 e. The summed E-state index contributed by atoms with van der Waals surface area (Å²) in [5.74, 6) is 0.674. The Labute approximate surface area is 79.5 Å². The van der Waals surface area contributed by atoms with Crippen LogP contribution in [-0.4, -0.2) is 21.5 Å². The van der Waals surface area contributed by atoms with E-state index in [0.29, 0.717) is 12.5 Å². The number of rotatable bonds is 3. The van der Waals surface area contributed by atoms with Gasteiger partial charge in [0.25, 0.3) is 0 Å². The van der Waals surface area contributed by atoms with Gasteiger partial charge in [0.1, 0.15) is 0 Å². The number of aromatic nitrogens is 2. The summed E-state index contributed by atoms with van der Waals surface area (Å²) >= 11 is 3.46. The quantitative estimate of drug-likeness (QED) is 0.856. The summed E-state index contributed by atoms with van der Waals surface area (Å²) in [5.41, 5.74) is 1.25. The second kappa shape index (κ2) is 3.18. The summed E-state index contributed by atoms with van der Waals surface area (Å²) in [6.07, 6.45) is 4.33. The average Bonchev–Trinajstić information content (AvgIpc) is 2.80. The Morgan fingerprint density at radius 3 is 3.00 bits per heavy atom. The lowest BCUT2D eigenvalue weighted by atomic mass is 10.3. The predicted octanol–water partition coefficient (Wildman–Crippen LogP) is 1.52. The van der Waals surface area contributed by atoms with Gasteiger partial charge in [0, 0.05) is 5.92 Å². The van der Waals surface area contributed by atoms with Gasteiger partial charge < -0.3 is 5.11 Å². The first kappa shape index (κ1) is 8.26. The molecule has 1 fully saturated rings. The standard InChI is InChI=1S/C8H11BrN2O/c9-7-5-10-11(3-4-12)8(7)6-1-2-6/h5-6,12H,1-4H2. The van der Waals surface area contributed by atoms with Gasteiger partial charge in [-0.15, -0.1) is 0 Å². The fourth-order valence-corrected chi connectivity index (χ4v) is 2.03. The molecule has 0 unspecified atom stereocenters. The van der Waals surface area contributed by atoms with Crippen LogP contribution in [0.3, 0.4) is 0 Å². The molecule has 3 nitrogen and oxygen atoms in total. The van der Waals surface area contributed by atoms with Gasteiger partial charge >= 0.3 is 0 Å². The summed E-state index contributed by atoms with van der Waals surface area (Å²) in [6, 6.07) is 0. The van der Waals surface area contributed by atoms with Gasteiger partial charge in [-0.05, 0) is 28.8 Å². The third-order valence-corrected chi connectivity index (χ3v) is 2.72. The Hall–Kier alpha value is -0.350. The van der Waals surface area contributed by atoms with Crippen molar-refractivity contribution in [3.63, 3.8) is 0 Å². The highest BCUT2D eigenvalue weighted by Crippen LogP contribution is 2.43. The average molecular weight is 231 g/mol. The number of halogens is 1. The second-order valence-corrected chi connectivity index (χ2v) is 3.95. The van der Waals surface area contributed by atoms with Gasteiger partial charge in [-0.25, -0.2) is 0 Å². The van der Waals surface area contributed by atoms with E-state index in [9.17, 15) is 0 Å². The molecule has 1 aliphatic rings. The van der Waals surface area contributed by atoms with Crippen molar-refractivity contribution in [2.45, 2.75) is 25.3 Å². The van der Waals surface area contributed by atoms with Crippen molar-refractivity contribution in [3.05, 3.63) is 16.4 Å². The van der Waals surface area contributed by atoms with E-state index >= 15 is 0 Å². The van der Waals surface area contributed by atoms with E-state index in [1.54, 1.807) is 0 Å².